The molecule has 1 N–H and O–H groups in total. The summed E-state index contributed by atoms with van der Waals surface area (Å²) in [6, 6.07) is 7.64. The summed E-state index contributed by atoms with van der Waals surface area (Å²) in [5.41, 5.74) is 0.928. The fourth-order valence-electron chi connectivity index (χ4n) is 1.46. The number of ether oxygens (including phenoxy) is 1. The number of nitrogens with zero attached hydrogens (tertiary/aromatic N) is 1. The number of aliphatic hydroxyl groups excluding tert-OH is 1. The van der Waals surface area contributed by atoms with Gasteiger partial charge in [-0.15, -0.1) is 0 Å². The third kappa shape index (κ3) is 4.21. The minimum absolute atomic E-state index is 0.435. The molecule has 16 heavy (non-hydrogen) atoms. The van der Waals surface area contributed by atoms with Gasteiger partial charge in [-0.25, -0.2) is 0 Å². The fraction of sp³-hybridized carbons (Fsp3) is 0.538. The van der Waals surface area contributed by atoms with Gasteiger partial charge in [0.25, 0.3) is 0 Å². The molecule has 0 aliphatic carbocycles. The zero-order valence-corrected chi connectivity index (χ0v) is 10.3. The summed E-state index contributed by atoms with van der Waals surface area (Å²) in [5.74, 6) is 0.864. The average Bonchev–Trinajstić information content (AvgIpc) is 2.26. The first-order chi connectivity index (χ1) is 7.63. The summed E-state index contributed by atoms with van der Waals surface area (Å²) in [5, 5.41) is 9.88. The average molecular weight is 223 g/mol. The molecule has 0 heterocycles. The third-order valence-corrected chi connectivity index (χ3v) is 2.28. The molecule has 0 saturated carbocycles. The van der Waals surface area contributed by atoms with Crippen LogP contribution in [0.25, 0.3) is 0 Å². The minimum atomic E-state index is -0.435. The van der Waals surface area contributed by atoms with Crippen molar-refractivity contribution in [3.8, 4) is 5.75 Å². The molecule has 0 aliphatic rings. The van der Waals surface area contributed by atoms with Crippen molar-refractivity contribution in [1.29, 1.82) is 0 Å². The first kappa shape index (κ1) is 13.0. The van der Waals surface area contributed by atoms with E-state index in [-0.39, 0.29) is 0 Å². The highest BCUT2D eigenvalue weighted by atomic mass is 16.5. The van der Waals surface area contributed by atoms with Gasteiger partial charge in [0.2, 0.25) is 0 Å². The summed E-state index contributed by atoms with van der Waals surface area (Å²) >= 11 is 0. The third-order valence-electron chi connectivity index (χ3n) is 2.28. The fourth-order valence-corrected chi connectivity index (χ4v) is 1.46. The highest BCUT2D eigenvalue weighted by Gasteiger charge is 2.08. The van der Waals surface area contributed by atoms with Crippen molar-refractivity contribution < 1.29 is 9.84 Å². The van der Waals surface area contributed by atoms with Crippen LogP contribution in [0.2, 0.25) is 0 Å². The number of rotatable bonds is 6. The Hall–Kier alpha value is -1.06. The lowest BCUT2D eigenvalue weighted by molar-refractivity contribution is 0.138. The quantitative estimate of drug-likeness (QED) is 0.801. The van der Waals surface area contributed by atoms with E-state index in [9.17, 15) is 5.11 Å². The van der Waals surface area contributed by atoms with Crippen LogP contribution in [-0.4, -0.2) is 37.3 Å². The molecule has 3 nitrogen and oxygen atoms in total. The predicted molar refractivity (Wildman–Crippen MR) is 65.7 cm³/mol. The highest BCUT2D eigenvalue weighted by molar-refractivity contribution is 5.28. The van der Waals surface area contributed by atoms with Gasteiger partial charge in [-0.3, -0.25) is 0 Å². The van der Waals surface area contributed by atoms with Crippen LogP contribution in [0.4, 0.5) is 0 Å². The van der Waals surface area contributed by atoms with E-state index < -0.39 is 6.10 Å². The van der Waals surface area contributed by atoms with Crippen LogP contribution in [-0.2, 0) is 0 Å². The molecule has 0 spiro atoms. The lowest BCUT2D eigenvalue weighted by Crippen LogP contribution is -2.19. The summed E-state index contributed by atoms with van der Waals surface area (Å²) < 4.78 is 5.48. The molecule has 0 radical (unpaired) electrons. The number of hydrogen-bond donors (Lipinski definition) is 1. The molecule has 1 atom stereocenters. The number of aliphatic hydroxyl groups is 1. The molecule has 1 aromatic carbocycles. The summed E-state index contributed by atoms with van der Waals surface area (Å²) in [6.07, 6.45) is 0.570. The molecule has 0 aromatic heterocycles. The Morgan fingerprint density at radius 1 is 1.25 bits per heavy atom. The monoisotopic (exact) mass is 223 g/mol. The molecule has 0 aliphatic heterocycles. The molecular weight excluding hydrogens is 202 g/mol. The summed E-state index contributed by atoms with van der Waals surface area (Å²) in [6.45, 7) is 3.45. The lowest BCUT2D eigenvalue weighted by atomic mass is 10.1. The Balaban J connectivity index is 2.56. The molecule has 0 amide bonds. The van der Waals surface area contributed by atoms with Crippen LogP contribution in [0.15, 0.2) is 24.3 Å². The van der Waals surface area contributed by atoms with E-state index in [4.69, 9.17) is 4.74 Å². The standard InChI is InChI=1S/C13H21NO2/c1-4-9-16-12-7-5-11(6-8-12)13(15)10-14(2)3/h5-8,13,15H,4,9-10H2,1-3H3. The SMILES string of the molecule is CCCOc1ccc(C(O)CN(C)C)cc1. The number of likely N-dealkylation sites (N-methyl/N-ethyl adjacent to an activating group) is 1. The van der Waals surface area contributed by atoms with Crippen molar-refractivity contribution >= 4 is 0 Å². The van der Waals surface area contributed by atoms with E-state index in [0.29, 0.717) is 6.54 Å². The van der Waals surface area contributed by atoms with Crippen molar-refractivity contribution in [2.45, 2.75) is 19.4 Å². The van der Waals surface area contributed by atoms with Crippen LogP contribution in [0.3, 0.4) is 0 Å². The Bertz CT molecular complexity index is 295. The Morgan fingerprint density at radius 3 is 2.38 bits per heavy atom. The van der Waals surface area contributed by atoms with Gasteiger partial charge in [-0.05, 0) is 38.2 Å². The highest BCUT2D eigenvalue weighted by Crippen LogP contribution is 2.18. The van der Waals surface area contributed by atoms with Crippen molar-refractivity contribution in [2.75, 3.05) is 27.2 Å². The Morgan fingerprint density at radius 2 is 1.88 bits per heavy atom. The van der Waals surface area contributed by atoms with Crippen LogP contribution in [0.5, 0.6) is 5.75 Å². The first-order valence-electron chi connectivity index (χ1n) is 5.69. The molecule has 90 valence electrons. The Kier molecular flexibility index (Phi) is 5.29. The zero-order valence-electron chi connectivity index (χ0n) is 10.3. The molecule has 0 fully saturated rings. The molecule has 1 unspecified atom stereocenters. The maximum absolute atomic E-state index is 9.88. The van der Waals surface area contributed by atoms with E-state index in [1.807, 2.05) is 43.3 Å². The number of benzene rings is 1. The minimum Gasteiger partial charge on any atom is -0.494 e. The van der Waals surface area contributed by atoms with Crippen molar-refractivity contribution in [1.82, 2.24) is 4.90 Å². The normalized spacial score (nSPS) is 12.8. The van der Waals surface area contributed by atoms with Crippen LogP contribution in [0.1, 0.15) is 25.0 Å². The second-order valence-electron chi connectivity index (χ2n) is 4.20. The lowest BCUT2D eigenvalue weighted by Gasteiger charge is -2.16. The Labute approximate surface area is 97.7 Å². The van der Waals surface area contributed by atoms with Gasteiger partial charge in [-0.1, -0.05) is 19.1 Å². The largest absolute Gasteiger partial charge is 0.494 e. The van der Waals surface area contributed by atoms with Crippen molar-refractivity contribution in [2.24, 2.45) is 0 Å². The van der Waals surface area contributed by atoms with Crippen LogP contribution >= 0.6 is 0 Å². The molecule has 1 rings (SSSR count). The molecule has 3 heteroatoms. The van der Waals surface area contributed by atoms with Gasteiger partial charge < -0.3 is 14.7 Å². The van der Waals surface area contributed by atoms with Gasteiger partial charge in [-0.2, -0.15) is 0 Å². The second kappa shape index (κ2) is 6.51. The summed E-state index contributed by atoms with van der Waals surface area (Å²) in [7, 11) is 3.89. The van der Waals surface area contributed by atoms with Crippen molar-refractivity contribution in [3.63, 3.8) is 0 Å². The van der Waals surface area contributed by atoms with Gasteiger partial charge in [0, 0.05) is 6.54 Å². The molecular formula is C13H21NO2. The van der Waals surface area contributed by atoms with Gasteiger partial charge >= 0.3 is 0 Å². The predicted octanol–water partition coefficient (Wildman–Crippen LogP) is 2.07. The van der Waals surface area contributed by atoms with Gasteiger partial charge in [0.05, 0.1) is 12.7 Å². The smallest absolute Gasteiger partial charge is 0.119 e. The topological polar surface area (TPSA) is 32.7 Å². The van der Waals surface area contributed by atoms with Crippen LogP contribution in [0, 0.1) is 0 Å². The second-order valence-corrected chi connectivity index (χ2v) is 4.20. The van der Waals surface area contributed by atoms with E-state index >= 15 is 0 Å². The van der Waals surface area contributed by atoms with Gasteiger partial charge in [0.15, 0.2) is 0 Å². The van der Waals surface area contributed by atoms with E-state index in [1.54, 1.807) is 0 Å². The summed E-state index contributed by atoms with van der Waals surface area (Å²) in [4.78, 5) is 1.96. The van der Waals surface area contributed by atoms with E-state index in [0.717, 1.165) is 24.3 Å². The van der Waals surface area contributed by atoms with Crippen LogP contribution < -0.4 is 4.74 Å². The zero-order chi connectivity index (χ0) is 12.0. The van der Waals surface area contributed by atoms with Gasteiger partial charge in [0.1, 0.15) is 5.75 Å². The van der Waals surface area contributed by atoms with Crippen molar-refractivity contribution in [3.05, 3.63) is 29.8 Å². The molecule has 0 bridgehead atoms. The van der Waals surface area contributed by atoms with E-state index in [1.165, 1.54) is 0 Å². The van der Waals surface area contributed by atoms with E-state index in [2.05, 4.69) is 6.92 Å². The maximum atomic E-state index is 9.88. The maximum Gasteiger partial charge on any atom is 0.119 e. The molecule has 0 saturated heterocycles. The first-order valence-corrected chi connectivity index (χ1v) is 5.69. The molecule has 1 aromatic rings. The number of hydrogen-bond acceptors (Lipinski definition) is 3.